The number of hydrogen-bond donors (Lipinski definition) is 2. The van der Waals surface area contributed by atoms with Crippen LogP contribution >= 0.6 is 11.3 Å². The zero-order valence-corrected chi connectivity index (χ0v) is 19.2. The Morgan fingerprint density at radius 1 is 1.23 bits per heavy atom. The fraction of sp³-hybridized carbons (Fsp3) is 0.200. The topological polar surface area (TPSA) is 72.5 Å². The van der Waals surface area contributed by atoms with Crippen LogP contribution < -0.4 is 15.8 Å². The number of methoxy groups -OCH3 is 1. The number of thiazole rings is 1. The Balaban J connectivity index is 1.82. The molecule has 2 aromatic carbocycles. The lowest BCUT2D eigenvalue weighted by atomic mass is 10.1. The summed E-state index contributed by atoms with van der Waals surface area (Å²) in [5.74, 6) is 1.30. The van der Waals surface area contributed by atoms with Crippen molar-refractivity contribution in [1.82, 2.24) is 4.98 Å². The van der Waals surface area contributed by atoms with Crippen molar-refractivity contribution >= 4 is 22.7 Å². The van der Waals surface area contributed by atoms with Gasteiger partial charge in [0.2, 0.25) is 0 Å². The Hall–Kier alpha value is -3.38. The first-order chi connectivity index (χ1) is 14.9. The molecule has 0 aliphatic carbocycles. The van der Waals surface area contributed by atoms with Gasteiger partial charge in [-0.25, -0.2) is 9.98 Å². The highest BCUT2D eigenvalue weighted by Gasteiger charge is 2.13. The predicted molar refractivity (Wildman–Crippen MR) is 132 cm³/mol. The number of aryl methyl sites for hydroxylation is 2. The van der Waals surface area contributed by atoms with Gasteiger partial charge in [-0.05, 0) is 44.5 Å². The SMILES string of the molecule is C=C(N=C(/C=C(/C)N)Cc1ccccc1)Nc1ccc(-c2sc(C)nc2C)c(OC)c1. The maximum atomic E-state index is 5.91. The molecule has 0 saturated heterocycles. The quantitative estimate of drug-likeness (QED) is 0.437. The minimum absolute atomic E-state index is 0.531. The van der Waals surface area contributed by atoms with Crippen LogP contribution in [-0.4, -0.2) is 17.8 Å². The van der Waals surface area contributed by atoms with Crippen molar-refractivity contribution in [2.24, 2.45) is 10.7 Å². The maximum Gasteiger partial charge on any atom is 0.129 e. The van der Waals surface area contributed by atoms with Gasteiger partial charge in [-0.3, -0.25) is 0 Å². The molecule has 0 saturated carbocycles. The van der Waals surface area contributed by atoms with Gasteiger partial charge in [0.15, 0.2) is 0 Å². The maximum absolute atomic E-state index is 5.91. The number of aliphatic imine (C=N–C) groups is 1. The molecule has 0 unspecified atom stereocenters. The average molecular weight is 433 g/mol. The largest absolute Gasteiger partial charge is 0.496 e. The summed E-state index contributed by atoms with van der Waals surface area (Å²) in [5, 5.41) is 4.30. The average Bonchev–Trinajstić information content (AvgIpc) is 3.05. The van der Waals surface area contributed by atoms with Crippen LogP contribution in [-0.2, 0) is 6.42 Å². The number of nitrogens with two attached hydrogens (primary N) is 1. The van der Waals surface area contributed by atoms with Crippen molar-refractivity contribution in [3.63, 3.8) is 0 Å². The van der Waals surface area contributed by atoms with E-state index in [9.17, 15) is 0 Å². The fourth-order valence-corrected chi connectivity index (χ4v) is 4.25. The number of allylic oxidation sites excluding steroid dienone is 2. The lowest BCUT2D eigenvalue weighted by molar-refractivity contribution is 0.416. The third-order valence-corrected chi connectivity index (χ3v) is 5.65. The Labute approximate surface area is 188 Å². The normalized spacial score (nSPS) is 12.0. The second-order valence-corrected chi connectivity index (χ2v) is 8.49. The van der Waals surface area contributed by atoms with Gasteiger partial charge in [0.1, 0.15) is 11.6 Å². The summed E-state index contributed by atoms with van der Waals surface area (Å²) in [6, 6.07) is 16.1. The molecule has 1 aromatic heterocycles. The van der Waals surface area contributed by atoms with Gasteiger partial charge >= 0.3 is 0 Å². The Bertz CT molecular complexity index is 1130. The Kier molecular flexibility index (Phi) is 7.26. The van der Waals surface area contributed by atoms with E-state index in [-0.39, 0.29) is 0 Å². The molecule has 0 aliphatic rings. The third kappa shape index (κ3) is 6.06. The zero-order chi connectivity index (χ0) is 22.4. The standard InChI is InChI=1S/C25H28N4OS/c1-16(26)13-22(14-20-9-7-6-8-10-20)29-18(3)28-21-11-12-23(24(15-21)30-5)25-17(2)27-19(4)31-25/h6-13,15,28H,3,14,26H2,1-2,4-5H3/b16-13-,29-22?. The third-order valence-electron chi connectivity index (χ3n) is 4.54. The molecule has 0 aliphatic heterocycles. The fourth-order valence-electron chi connectivity index (χ4n) is 3.30. The molecule has 0 amide bonds. The molecule has 5 nitrogen and oxygen atoms in total. The summed E-state index contributed by atoms with van der Waals surface area (Å²) >= 11 is 1.66. The number of anilines is 1. The van der Waals surface area contributed by atoms with Crippen LogP contribution in [0.3, 0.4) is 0 Å². The van der Waals surface area contributed by atoms with E-state index in [1.165, 1.54) is 0 Å². The minimum Gasteiger partial charge on any atom is -0.496 e. The first-order valence-electron chi connectivity index (χ1n) is 9.99. The van der Waals surface area contributed by atoms with Crippen LogP contribution in [0, 0.1) is 13.8 Å². The summed E-state index contributed by atoms with van der Waals surface area (Å²) in [4.78, 5) is 10.3. The zero-order valence-electron chi connectivity index (χ0n) is 18.4. The van der Waals surface area contributed by atoms with Crippen LogP contribution in [0.15, 0.2) is 77.7 Å². The highest BCUT2D eigenvalue weighted by atomic mass is 32.1. The van der Waals surface area contributed by atoms with E-state index in [2.05, 4.69) is 34.0 Å². The first-order valence-corrected chi connectivity index (χ1v) is 10.8. The smallest absolute Gasteiger partial charge is 0.129 e. The van der Waals surface area contributed by atoms with Crippen LogP contribution in [0.4, 0.5) is 5.69 Å². The summed E-state index contributed by atoms with van der Waals surface area (Å²) in [7, 11) is 1.67. The molecule has 3 N–H and O–H groups in total. The molecular formula is C25H28N4OS. The van der Waals surface area contributed by atoms with E-state index in [0.717, 1.165) is 43.9 Å². The van der Waals surface area contributed by atoms with Gasteiger partial charge in [-0.2, -0.15) is 0 Å². The van der Waals surface area contributed by atoms with E-state index >= 15 is 0 Å². The molecule has 0 spiro atoms. The monoisotopic (exact) mass is 432 g/mol. The number of nitrogens with one attached hydrogen (secondary N) is 1. The molecule has 31 heavy (non-hydrogen) atoms. The van der Waals surface area contributed by atoms with Crippen molar-refractivity contribution in [2.45, 2.75) is 27.2 Å². The molecule has 0 fully saturated rings. The van der Waals surface area contributed by atoms with E-state index < -0.39 is 0 Å². The molecular weight excluding hydrogens is 404 g/mol. The molecule has 0 bridgehead atoms. The van der Waals surface area contributed by atoms with Crippen LogP contribution in [0.5, 0.6) is 5.75 Å². The molecule has 3 rings (SSSR count). The van der Waals surface area contributed by atoms with Crippen molar-refractivity contribution in [3.05, 3.63) is 89.0 Å². The van der Waals surface area contributed by atoms with E-state index in [4.69, 9.17) is 10.5 Å². The number of rotatable bonds is 8. The first kappa shape index (κ1) is 22.3. The van der Waals surface area contributed by atoms with Crippen LogP contribution in [0.25, 0.3) is 10.4 Å². The number of nitrogens with zero attached hydrogens (tertiary/aromatic N) is 2. The number of ether oxygens (including phenoxy) is 1. The van der Waals surface area contributed by atoms with Crippen LogP contribution in [0.2, 0.25) is 0 Å². The summed E-state index contributed by atoms with van der Waals surface area (Å²) < 4.78 is 5.65. The highest BCUT2D eigenvalue weighted by molar-refractivity contribution is 7.15. The minimum atomic E-state index is 0.531. The van der Waals surface area contributed by atoms with Gasteiger partial charge in [0.25, 0.3) is 0 Å². The van der Waals surface area contributed by atoms with Gasteiger partial charge in [-0.1, -0.05) is 36.9 Å². The second kappa shape index (κ2) is 10.1. The van der Waals surface area contributed by atoms with E-state index in [1.807, 2.05) is 63.2 Å². The molecule has 0 atom stereocenters. The molecule has 3 aromatic rings. The molecule has 6 heteroatoms. The van der Waals surface area contributed by atoms with Crippen molar-refractivity contribution in [2.75, 3.05) is 12.4 Å². The number of aromatic nitrogens is 1. The highest BCUT2D eigenvalue weighted by Crippen LogP contribution is 2.38. The van der Waals surface area contributed by atoms with Crippen molar-refractivity contribution in [1.29, 1.82) is 0 Å². The lowest BCUT2D eigenvalue weighted by Gasteiger charge is -2.12. The van der Waals surface area contributed by atoms with E-state index in [0.29, 0.717) is 17.9 Å². The van der Waals surface area contributed by atoms with Gasteiger partial charge in [0.05, 0.1) is 22.7 Å². The summed E-state index contributed by atoms with van der Waals surface area (Å²) in [6.07, 6.45) is 2.54. The number of hydrogen-bond acceptors (Lipinski definition) is 6. The molecule has 1 heterocycles. The van der Waals surface area contributed by atoms with E-state index in [1.54, 1.807) is 18.4 Å². The Morgan fingerprint density at radius 3 is 2.58 bits per heavy atom. The molecule has 0 radical (unpaired) electrons. The van der Waals surface area contributed by atoms with Crippen molar-refractivity contribution < 1.29 is 4.74 Å². The van der Waals surface area contributed by atoms with Gasteiger partial charge in [0, 0.05) is 35.1 Å². The second-order valence-electron chi connectivity index (χ2n) is 7.29. The summed E-state index contributed by atoms with van der Waals surface area (Å²) in [6.45, 7) is 9.95. The van der Waals surface area contributed by atoms with Crippen LogP contribution in [0.1, 0.15) is 23.2 Å². The predicted octanol–water partition coefficient (Wildman–Crippen LogP) is 5.86. The molecule has 160 valence electrons. The summed E-state index contributed by atoms with van der Waals surface area (Å²) in [5.41, 5.74) is 11.5. The Morgan fingerprint density at radius 2 is 1.97 bits per heavy atom. The van der Waals surface area contributed by atoms with Crippen molar-refractivity contribution in [3.8, 4) is 16.2 Å². The van der Waals surface area contributed by atoms with Gasteiger partial charge in [-0.15, -0.1) is 11.3 Å². The lowest BCUT2D eigenvalue weighted by Crippen LogP contribution is -2.06. The van der Waals surface area contributed by atoms with Gasteiger partial charge < -0.3 is 15.8 Å². The number of benzene rings is 2.